The van der Waals surface area contributed by atoms with E-state index in [1.54, 1.807) is 0 Å². The van der Waals surface area contributed by atoms with Crippen LogP contribution in [0.1, 0.15) is 38.3 Å². The smallest absolute Gasteiger partial charge is 0.229 e. The summed E-state index contributed by atoms with van der Waals surface area (Å²) < 4.78 is 1.92. The minimum absolute atomic E-state index is 0.115. The Labute approximate surface area is 136 Å². The number of benzene rings is 1. The Kier molecular flexibility index (Phi) is 3.32. The molecule has 0 aliphatic carbocycles. The Morgan fingerprint density at radius 3 is 2.70 bits per heavy atom. The molecule has 1 aromatic carbocycles. The summed E-state index contributed by atoms with van der Waals surface area (Å²) in [6.07, 6.45) is 1.89. The Bertz CT molecular complexity index is 760. The zero-order valence-electron chi connectivity index (χ0n) is 14.0. The van der Waals surface area contributed by atoms with Crippen LogP contribution in [0.5, 0.6) is 0 Å². The van der Waals surface area contributed by atoms with Crippen LogP contribution in [0, 0.1) is 5.92 Å². The topological polar surface area (TPSA) is 50.2 Å². The Morgan fingerprint density at radius 1 is 1.22 bits per heavy atom. The third-order valence-electron chi connectivity index (χ3n) is 5.22. The lowest BCUT2D eigenvalue weighted by Crippen LogP contribution is -2.45. The average Bonchev–Trinajstić information content (AvgIpc) is 2.81. The lowest BCUT2D eigenvalue weighted by Gasteiger charge is -2.39. The molecule has 0 bridgehead atoms. The average molecular weight is 312 g/mol. The number of nitrogens with zero attached hydrogens (tertiary/aromatic N) is 3. The molecule has 2 aromatic rings. The van der Waals surface area contributed by atoms with Crippen molar-refractivity contribution in [3.8, 4) is 0 Å². The maximum absolute atomic E-state index is 12.4. The minimum Gasteiger partial charge on any atom is -0.371 e. The number of carbonyl (C=O) groups is 1. The monoisotopic (exact) mass is 312 g/mol. The molecule has 0 spiro atoms. The van der Waals surface area contributed by atoms with Gasteiger partial charge < -0.3 is 10.2 Å². The van der Waals surface area contributed by atoms with E-state index in [9.17, 15) is 4.79 Å². The summed E-state index contributed by atoms with van der Waals surface area (Å²) in [5.41, 5.74) is 3.30. The van der Waals surface area contributed by atoms with E-state index in [2.05, 4.69) is 47.4 Å². The quantitative estimate of drug-likeness (QED) is 0.926. The zero-order chi connectivity index (χ0) is 16.1. The summed E-state index contributed by atoms with van der Waals surface area (Å²) in [6.45, 7) is 6.59. The van der Waals surface area contributed by atoms with Gasteiger partial charge in [-0.25, -0.2) is 0 Å². The van der Waals surface area contributed by atoms with Gasteiger partial charge in [0.25, 0.3) is 0 Å². The Balaban J connectivity index is 1.70. The van der Waals surface area contributed by atoms with Crippen LogP contribution in [-0.4, -0.2) is 34.8 Å². The Hall–Kier alpha value is -2.04. The molecule has 2 aliphatic rings. The lowest BCUT2D eigenvalue weighted by atomic mass is 9.90. The number of aromatic nitrogens is 2. The van der Waals surface area contributed by atoms with E-state index in [1.807, 2.05) is 11.7 Å². The van der Waals surface area contributed by atoms with Gasteiger partial charge in [-0.2, -0.15) is 5.10 Å². The van der Waals surface area contributed by atoms with E-state index in [0.717, 1.165) is 48.4 Å². The highest BCUT2D eigenvalue weighted by atomic mass is 16.2. The van der Waals surface area contributed by atoms with Gasteiger partial charge in [0.2, 0.25) is 5.91 Å². The lowest BCUT2D eigenvalue weighted by molar-refractivity contribution is -0.124. The zero-order valence-corrected chi connectivity index (χ0v) is 14.0. The molecule has 2 aliphatic heterocycles. The third-order valence-corrected chi connectivity index (χ3v) is 5.22. The van der Waals surface area contributed by atoms with Crippen LogP contribution in [0.25, 0.3) is 10.9 Å². The highest BCUT2D eigenvalue weighted by Gasteiger charge is 2.31. The van der Waals surface area contributed by atoms with Crippen molar-refractivity contribution < 1.29 is 4.79 Å². The van der Waals surface area contributed by atoms with Gasteiger partial charge >= 0.3 is 0 Å². The maximum Gasteiger partial charge on any atom is 0.229 e. The van der Waals surface area contributed by atoms with E-state index >= 15 is 0 Å². The van der Waals surface area contributed by atoms with Crippen molar-refractivity contribution in [2.75, 3.05) is 18.0 Å². The first kappa shape index (κ1) is 14.5. The number of piperidine rings is 1. The van der Waals surface area contributed by atoms with Crippen LogP contribution in [0.15, 0.2) is 18.2 Å². The molecule has 5 heteroatoms. The van der Waals surface area contributed by atoms with E-state index in [0.29, 0.717) is 0 Å². The molecule has 1 aromatic heterocycles. The van der Waals surface area contributed by atoms with Crippen LogP contribution >= 0.6 is 0 Å². The summed E-state index contributed by atoms with van der Waals surface area (Å²) in [6, 6.07) is 6.79. The van der Waals surface area contributed by atoms with Crippen LogP contribution in [0.2, 0.25) is 0 Å². The van der Waals surface area contributed by atoms with Gasteiger partial charge in [0.1, 0.15) is 0 Å². The SMILES string of the molecule is CC1CN(c2ccc3c(C4CCC(C)NC4=O)nn(C)c3c2)C1. The second-order valence-electron chi connectivity index (χ2n) is 7.26. The summed E-state index contributed by atoms with van der Waals surface area (Å²) in [7, 11) is 1.97. The standard InChI is InChI=1S/C18H24N4O/c1-11-9-22(10-11)13-5-7-14-16(8-13)21(3)20-17(14)15-6-4-12(2)19-18(15)23/h5,7-8,11-12,15H,4,6,9-10H2,1-3H3,(H,19,23). The Morgan fingerprint density at radius 2 is 2.00 bits per heavy atom. The number of hydrogen-bond donors (Lipinski definition) is 1. The summed E-state index contributed by atoms with van der Waals surface area (Å²) in [4.78, 5) is 14.8. The predicted octanol–water partition coefficient (Wildman–Crippen LogP) is 2.41. The third kappa shape index (κ3) is 2.38. The maximum atomic E-state index is 12.4. The molecule has 1 N–H and O–H groups in total. The van der Waals surface area contributed by atoms with Crippen molar-refractivity contribution in [3.63, 3.8) is 0 Å². The number of fused-ring (bicyclic) bond motifs is 1. The highest BCUT2D eigenvalue weighted by molar-refractivity contribution is 5.92. The second-order valence-corrected chi connectivity index (χ2v) is 7.26. The van der Waals surface area contributed by atoms with Gasteiger partial charge in [-0.3, -0.25) is 9.48 Å². The molecule has 23 heavy (non-hydrogen) atoms. The van der Waals surface area contributed by atoms with Crippen molar-refractivity contribution in [1.29, 1.82) is 0 Å². The van der Waals surface area contributed by atoms with Gasteiger partial charge in [-0.1, -0.05) is 6.92 Å². The number of rotatable bonds is 2. The minimum atomic E-state index is -0.121. The fraction of sp³-hybridized carbons (Fsp3) is 0.556. The summed E-state index contributed by atoms with van der Waals surface area (Å²) in [5, 5.41) is 8.85. The van der Waals surface area contributed by atoms with E-state index in [4.69, 9.17) is 0 Å². The molecule has 2 unspecified atom stereocenters. The number of carbonyl (C=O) groups excluding carboxylic acids is 1. The molecule has 0 radical (unpaired) electrons. The van der Waals surface area contributed by atoms with Crippen LogP contribution < -0.4 is 10.2 Å². The molecule has 2 atom stereocenters. The number of aryl methyl sites for hydroxylation is 1. The van der Waals surface area contributed by atoms with E-state index < -0.39 is 0 Å². The van der Waals surface area contributed by atoms with Gasteiger partial charge in [0.15, 0.2) is 0 Å². The molecular weight excluding hydrogens is 288 g/mol. The molecule has 122 valence electrons. The van der Waals surface area contributed by atoms with E-state index in [1.165, 1.54) is 5.69 Å². The van der Waals surface area contributed by atoms with Crippen molar-refractivity contribution >= 4 is 22.5 Å². The molecule has 4 rings (SSSR count). The molecular formula is C18H24N4O. The van der Waals surface area contributed by atoms with Crippen LogP contribution in [-0.2, 0) is 11.8 Å². The fourth-order valence-corrected chi connectivity index (χ4v) is 3.86. The van der Waals surface area contributed by atoms with Crippen molar-refractivity contribution in [1.82, 2.24) is 15.1 Å². The second kappa shape index (κ2) is 5.25. The number of hydrogen-bond acceptors (Lipinski definition) is 3. The van der Waals surface area contributed by atoms with Gasteiger partial charge in [-0.05, 0) is 43.9 Å². The number of amides is 1. The van der Waals surface area contributed by atoms with Crippen molar-refractivity contribution in [2.45, 2.75) is 38.6 Å². The molecule has 0 saturated carbocycles. The summed E-state index contributed by atoms with van der Waals surface area (Å²) in [5.74, 6) is 0.773. The summed E-state index contributed by atoms with van der Waals surface area (Å²) >= 11 is 0. The first-order chi connectivity index (χ1) is 11.0. The highest BCUT2D eigenvalue weighted by Crippen LogP contribution is 2.34. The van der Waals surface area contributed by atoms with Crippen LogP contribution in [0.4, 0.5) is 5.69 Å². The first-order valence-corrected chi connectivity index (χ1v) is 8.55. The normalized spacial score (nSPS) is 25.5. The molecule has 2 saturated heterocycles. The molecule has 3 heterocycles. The fourth-order valence-electron chi connectivity index (χ4n) is 3.86. The van der Waals surface area contributed by atoms with E-state index in [-0.39, 0.29) is 17.9 Å². The molecule has 2 fully saturated rings. The van der Waals surface area contributed by atoms with Crippen molar-refractivity contribution in [3.05, 3.63) is 23.9 Å². The number of anilines is 1. The van der Waals surface area contributed by atoms with Crippen LogP contribution in [0.3, 0.4) is 0 Å². The largest absolute Gasteiger partial charge is 0.371 e. The van der Waals surface area contributed by atoms with Crippen molar-refractivity contribution in [2.24, 2.45) is 13.0 Å². The van der Waals surface area contributed by atoms with Gasteiger partial charge in [-0.15, -0.1) is 0 Å². The predicted molar refractivity (Wildman–Crippen MR) is 91.7 cm³/mol. The molecule has 5 nitrogen and oxygen atoms in total. The number of nitrogens with one attached hydrogen (secondary N) is 1. The molecule has 1 amide bonds. The van der Waals surface area contributed by atoms with Gasteiger partial charge in [0.05, 0.1) is 17.1 Å². The first-order valence-electron chi connectivity index (χ1n) is 8.55. The van der Waals surface area contributed by atoms with Gasteiger partial charge in [0, 0.05) is 37.3 Å².